The molecule has 8 nitrogen and oxygen atoms in total. The fraction of sp³-hybridized carbons (Fsp3) is 0.258. The van der Waals surface area contributed by atoms with Crippen molar-refractivity contribution in [2.75, 3.05) is 18.6 Å². The number of aliphatic hydroxyl groups excluding tert-OH is 1. The standard InChI is InChI=1S/C31H31NO7/c1-5-39-25-15-10-21(17-24(25)18(2)3)29(35)27-28(20-8-13-23(33)14-9-20)32(31(37)30(27)36)22-11-6-19(7-12-22)16-26(34)38-4/h6-15,17-18,28,33,35H,5,16H2,1-4H3/b29-27-. The number of phenols is 1. The average Bonchev–Trinajstić information content (AvgIpc) is 3.19. The molecule has 0 radical (unpaired) electrons. The Hall–Kier alpha value is -4.59. The number of carbonyl (C=O) groups excluding carboxylic acids is 3. The minimum Gasteiger partial charge on any atom is -0.508 e. The lowest BCUT2D eigenvalue weighted by Gasteiger charge is -2.26. The molecule has 0 spiro atoms. The van der Waals surface area contributed by atoms with Gasteiger partial charge in [0.15, 0.2) is 0 Å². The molecule has 2 N–H and O–H groups in total. The number of esters is 1. The molecule has 0 bridgehead atoms. The molecular formula is C31H31NO7. The number of phenolic OH excluding ortho intramolecular Hbond substituents is 1. The Balaban J connectivity index is 1.86. The van der Waals surface area contributed by atoms with E-state index >= 15 is 0 Å². The van der Waals surface area contributed by atoms with Crippen LogP contribution in [0.5, 0.6) is 11.5 Å². The second-order valence-corrected chi connectivity index (χ2v) is 9.52. The molecule has 1 aliphatic heterocycles. The maximum atomic E-state index is 13.4. The van der Waals surface area contributed by atoms with Gasteiger partial charge in [-0.15, -0.1) is 0 Å². The van der Waals surface area contributed by atoms with Crippen LogP contribution >= 0.6 is 0 Å². The fourth-order valence-electron chi connectivity index (χ4n) is 4.67. The molecule has 0 saturated carbocycles. The molecule has 1 amide bonds. The highest BCUT2D eigenvalue weighted by molar-refractivity contribution is 6.51. The number of ether oxygens (including phenoxy) is 2. The third kappa shape index (κ3) is 5.50. The Bertz CT molecular complexity index is 1420. The van der Waals surface area contributed by atoms with Crippen LogP contribution in [0.4, 0.5) is 5.69 Å². The molecule has 0 aliphatic carbocycles. The molecule has 1 atom stereocenters. The predicted molar refractivity (Wildman–Crippen MR) is 147 cm³/mol. The van der Waals surface area contributed by atoms with Crippen molar-refractivity contribution in [1.82, 2.24) is 0 Å². The van der Waals surface area contributed by atoms with E-state index in [0.717, 1.165) is 5.56 Å². The first-order valence-electron chi connectivity index (χ1n) is 12.7. The van der Waals surface area contributed by atoms with Gasteiger partial charge in [0.1, 0.15) is 17.3 Å². The highest BCUT2D eigenvalue weighted by Crippen LogP contribution is 2.43. The summed E-state index contributed by atoms with van der Waals surface area (Å²) in [6, 6.07) is 17.0. The number of Topliss-reactive ketones (excluding diaryl/α,β-unsaturated/α-hetero) is 1. The van der Waals surface area contributed by atoms with Crippen molar-refractivity contribution in [1.29, 1.82) is 0 Å². The second kappa shape index (κ2) is 11.4. The Morgan fingerprint density at radius 1 is 1.00 bits per heavy atom. The van der Waals surface area contributed by atoms with Gasteiger partial charge in [-0.05, 0) is 72.0 Å². The van der Waals surface area contributed by atoms with Crippen molar-refractivity contribution >= 4 is 29.1 Å². The zero-order valence-electron chi connectivity index (χ0n) is 22.3. The van der Waals surface area contributed by atoms with E-state index in [9.17, 15) is 24.6 Å². The van der Waals surface area contributed by atoms with Crippen LogP contribution in [-0.4, -0.2) is 41.6 Å². The van der Waals surface area contributed by atoms with Crippen LogP contribution in [0.25, 0.3) is 5.76 Å². The minimum absolute atomic E-state index is 0.0240. The van der Waals surface area contributed by atoms with Gasteiger partial charge < -0.3 is 19.7 Å². The van der Waals surface area contributed by atoms with Gasteiger partial charge in [-0.1, -0.05) is 38.1 Å². The summed E-state index contributed by atoms with van der Waals surface area (Å²) in [6.07, 6.45) is 0.0624. The summed E-state index contributed by atoms with van der Waals surface area (Å²) < 4.78 is 10.5. The molecule has 1 fully saturated rings. The van der Waals surface area contributed by atoms with E-state index in [1.807, 2.05) is 20.8 Å². The highest BCUT2D eigenvalue weighted by atomic mass is 16.5. The fourth-order valence-corrected chi connectivity index (χ4v) is 4.67. The first-order chi connectivity index (χ1) is 18.7. The number of rotatable bonds is 8. The normalized spacial score (nSPS) is 16.5. The van der Waals surface area contributed by atoms with Gasteiger partial charge in [-0.2, -0.15) is 0 Å². The number of hydrogen-bond donors (Lipinski definition) is 2. The first-order valence-corrected chi connectivity index (χ1v) is 12.7. The Labute approximate surface area is 227 Å². The zero-order chi connectivity index (χ0) is 28.3. The maximum Gasteiger partial charge on any atom is 0.309 e. The Morgan fingerprint density at radius 2 is 1.67 bits per heavy atom. The zero-order valence-corrected chi connectivity index (χ0v) is 22.3. The second-order valence-electron chi connectivity index (χ2n) is 9.52. The number of aromatic hydroxyl groups is 1. The summed E-state index contributed by atoms with van der Waals surface area (Å²) in [6.45, 7) is 6.37. The van der Waals surface area contributed by atoms with E-state index in [2.05, 4.69) is 0 Å². The molecule has 3 aromatic carbocycles. The quantitative estimate of drug-likeness (QED) is 0.177. The van der Waals surface area contributed by atoms with Crippen molar-refractivity contribution in [3.8, 4) is 11.5 Å². The molecule has 0 aromatic heterocycles. The van der Waals surface area contributed by atoms with Gasteiger partial charge >= 0.3 is 5.97 Å². The van der Waals surface area contributed by atoms with Crippen LogP contribution in [0.3, 0.4) is 0 Å². The number of amides is 1. The molecule has 39 heavy (non-hydrogen) atoms. The predicted octanol–water partition coefficient (Wildman–Crippen LogP) is 5.26. The Morgan fingerprint density at radius 3 is 2.26 bits per heavy atom. The molecular weight excluding hydrogens is 498 g/mol. The van der Waals surface area contributed by atoms with E-state index in [0.29, 0.717) is 34.7 Å². The molecule has 4 rings (SSSR count). The van der Waals surface area contributed by atoms with Crippen LogP contribution < -0.4 is 9.64 Å². The lowest BCUT2D eigenvalue weighted by Crippen LogP contribution is -2.29. The molecule has 1 unspecified atom stereocenters. The summed E-state index contributed by atoms with van der Waals surface area (Å²) in [5, 5.41) is 21.4. The van der Waals surface area contributed by atoms with Gasteiger partial charge in [0.05, 0.1) is 31.8 Å². The molecule has 8 heteroatoms. The van der Waals surface area contributed by atoms with E-state index < -0.39 is 23.7 Å². The average molecular weight is 530 g/mol. The smallest absolute Gasteiger partial charge is 0.309 e. The van der Waals surface area contributed by atoms with E-state index in [1.165, 1.54) is 24.1 Å². The van der Waals surface area contributed by atoms with Crippen LogP contribution in [-0.2, 0) is 25.5 Å². The highest BCUT2D eigenvalue weighted by Gasteiger charge is 2.47. The topological polar surface area (TPSA) is 113 Å². The summed E-state index contributed by atoms with van der Waals surface area (Å²) >= 11 is 0. The largest absolute Gasteiger partial charge is 0.508 e. The molecule has 1 aliphatic rings. The number of carbonyl (C=O) groups is 3. The monoisotopic (exact) mass is 529 g/mol. The molecule has 1 saturated heterocycles. The van der Waals surface area contributed by atoms with Crippen LogP contribution in [0, 0.1) is 0 Å². The van der Waals surface area contributed by atoms with Gasteiger partial charge in [-0.3, -0.25) is 19.3 Å². The number of benzene rings is 3. The first kappa shape index (κ1) is 27.4. The van der Waals surface area contributed by atoms with E-state index in [4.69, 9.17) is 9.47 Å². The van der Waals surface area contributed by atoms with E-state index in [-0.39, 0.29) is 29.4 Å². The van der Waals surface area contributed by atoms with Crippen LogP contribution in [0.2, 0.25) is 0 Å². The third-order valence-corrected chi connectivity index (χ3v) is 6.65. The van der Waals surface area contributed by atoms with Gasteiger partial charge in [-0.25, -0.2) is 0 Å². The molecule has 1 heterocycles. The number of aliphatic hydroxyl groups is 1. The van der Waals surface area contributed by atoms with Crippen molar-refractivity contribution in [3.05, 3.63) is 94.6 Å². The van der Waals surface area contributed by atoms with Gasteiger partial charge in [0.25, 0.3) is 11.7 Å². The molecule has 3 aromatic rings. The lowest BCUT2D eigenvalue weighted by atomic mass is 9.93. The summed E-state index contributed by atoms with van der Waals surface area (Å²) in [5.41, 5.74) is 2.80. The number of methoxy groups -OCH3 is 1. The Kier molecular flexibility index (Phi) is 8.04. The van der Waals surface area contributed by atoms with E-state index in [1.54, 1.807) is 54.6 Å². The minimum atomic E-state index is -0.953. The van der Waals surface area contributed by atoms with Crippen LogP contribution in [0.15, 0.2) is 72.3 Å². The lowest BCUT2D eigenvalue weighted by molar-refractivity contribution is -0.139. The van der Waals surface area contributed by atoms with Crippen molar-refractivity contribution < 1.29 is 34.1 Å². The number of anilines is 1. The van der Waals surface area contributed by atoms with Crippen molar-refractivity contribution in [2.45, 2.75) is 39.2 Å². The number of ketones is 1. The number of hydrogen-bond acceptors (Lipinski definition) is 7. The van der Waals surface area contributed by atoms with Gasteiger partial charge in [0, 0.05) is 11.3 Å². The maximum absolute atomic E-state index is 13.4. The summed E-state index contributed by atoms with van der Waals surface area (Å²) in [7, 11) is 1.31. The number of nitrogens with zero attached hydrogens (tertiary/aromatic N) is 1. The summed E-state index contributed by atoms with van der Waals surface area (Å²) in [5.74, 6) is -1.54. The van der Waals surface area contributed by atoms with Crippen LogP contribution in [0.1, 0.15) is 55.0 Å². The summed E-state index contributed by atoms with van der Waals surface area (Å²) in [4.78, 5) is 39.8. The molecule has 202 valence electrons. The SMILES string of the molecule is CCOc1ccc(/C(O)=C2/C(=O)C(=O)N(c3ccc(CC(=O)OC)cc3)C2c2ccc(O)cc2)cc1C(C)C. The van der Waals surface area contributed by atoms with Crippen molar-refractivity contribution in [2.24, 2.45) is 0 Å². The van der Waals surface area contributed by atoms with Crippen molar-refractivity contribution in [3.63, 3.8) is 0 Å². The van der Waals surface area contributed by atoms with Gasteiger partial charge in [0.2, 0.25) is 0 Å². The third-order valence-electron chi connectivity index (χ3n) is 6.65.